The molecule has 23 heavy (non-hydrogen) atoms. The van der Waals surface area contributed by atoms with Crippen LogP contribution < -0.4 is 10.6 Å². The molecule has 0 aliphatic carbocycles. The van der Waals surface area contributed by atoms with Gasteiger partial charge in [-0.25, -0.2) is 4.79 Å². The van der Waals surface area contributed by atoms with Crippen molar-refractivity contribution in [3.8, 4) is 0 Å². The molecule has 0 spiro atoms. The lowest BCUT2D eigenvalue weighted by Crippen LogP contribution is -2.50. The Hall–Kier alpha value is -1.87. The van der Waals surface area contributed by atoms with Gasteiger partial charge in [-0.05, 0) is 19.8 Å². The van der Waals surface area contributed by atoms with E-state index in [1.807, 2.05) is 0 Å². The molecule has 3 amide bonds. The molecule has 132 valence electrons. The molecule has 0 bridgehead atoms. The normalized spacial score (nSPS) is 15.1. The molecule has 0 aromatic rings. The summed E-state index contributed by atoms with van der Waals surface area (Å²) in [4.78, 5) is 36.5. The third-order valence-electron chi connectivity index (χ3n) is 3.33. The van der Waals surface area contributed by atoms with Gasteiger partial charge in [0, 0.05) is 25.7 Å². The molecule has 1 heterocycles. The van der Waals surface area contributed by atoms with E-state index in [1.165, 1.54) is 0 Å². The Balaban J connectivity index is 2.20. The van der Waals surface area contributed by atoms with Crippen molar-refractivity contribution < 1.29 is 29.0 Å². The first-order chi connectivity index (χ1) is 11.1. The van der Waals surface area contributed by atoms with E-state index in [9.17, 15) is 14.4 Å². The third kappa shape index (κ3) is 7.29. The molecule has 0 unspecified atom stereocenters. The predicted molar refractivity (Wildman–Crippen MR) is 80.7 cm³/mol. The molecule has 0 saturated carbocycles. The van der Waals surface area contributed by atoms with Gasteiger partial charge in [0.15, 0.2) is 0 Å². The van der Waals surface area contributed by atoms with Crippen molar-refractivity contribution in [1.82, 2.24) is 15.5 Å². The number of amides is 3. The number of nitrogens with one attached hydrogen (secondary N) is 2. The van der Waals surface area contributed by atoms with E-state index in [1.54, 1.807) is 11.8 Å². The first kappa shape index (κ1) is 19.2. The molecule has 0 aromatic heterocycles. The fourth-order valence-corrected chi connectivity index (χ4v) is 2.16. The molecule has 1 aliphatic heterocycles. The molecular formula is C14H25N3O6. The molecule has 1 rings (SSSR count). The zero-order valence-corrected chi connectivity index (χ0v) is 13.4. The predicted octanol–water partition coefficient (Wildman–Crippen LogP) is -1.15. The van der Waals surface area contributed by atoms with Crippen molar-refractivity contribution in [2.75, 3.05) is 46.1 Å². The van der Waals surface area contributed by atoms with Gasteiger partial charge >= 0.3 is 17.9 Å². The molecule has 1 aliphatic rings. The number of aliphatic hydroxyl groups is 1. The van der Waals surface area contributed by atoms with E-state index in [0.29, 0.717) is 32.5 Å². The molecule has 3 N–H and O–H groups in total. The third-order valence-corrected chi connectivity index (χ3v) is 3.33. The van der Waals surface area contributed by atoms with Crippen molar-refractivity contribution >= 4 is 17.9 Å². The Kier molecular flexibility index (Phi) is 9.00. The zero-order valence-electron chi connectivity index (χ0n) is 13.4. The summed E-state index contributed by atoms with van der Waals surface area (Å²) in [6.45, 7) is 3.60. The SMILES string of the molecule is CCOC(=O)N1CCC(NC(=O)C(=O)NCCOCCO)CC1. The van der Waals surface area contributed by atoms with Gasteiger partial charge in [0.1, 0.15) is 0 Å². The van der Waals surface area contributed by atoms with Crippen LogP contribution in [0.5, 0.6) is 0 Å². The number of aliphatic hydroxyl groups excluding tert-OH is 1. The summed E-state index contributed by atoms with van der Waals surface area (Å²) in [5.74, 6) is -1.41. The summed E-state index contributed by atoms with van der Waals surface area (Å²) in [5, 5.41) is 13.6. The van der Waals surface area contributed by atoms with Crippen LogP contribution in [0.25, 0.3) is 0 Å². The highest BCUT2D eigenvalue weighted by Crippen LogP contribution is 2.11. The second kappa shape index (κ2) is 10.8. The van der Waals surface area contributed by atoms with E-state index < -0.39 is 11.8 Å². The van der Waals surface area contributed by atoms with Gasteiger partial charge in [-0.15, -0.1) is 0 Å². The molecular weight excluding hydrogens is 306 g/mol. The fraction of sp³-hybridized carbons (Fsp3) is 0.786. The quantitative estimate of drug-likeness (QED) is 0.400. The summed E-state index contributed by atoms with van der Waals surface area (Å²) >= 11 is 0. The number of carbonyl (C=O) groups excluding carboxylic acids is 3. The number of ether oxygens (including phenoxy) is 2. The number of rotatable bonds is 7. The van der Waals surface area contributed by atoms with Crippen molar-refractivity contribution in [2.45, 2.75) is 25.8 Å². The number of likely N-dealkylation sites (tertiary alicyclic amines) is 1. The summed E-state index contributed by atoms with van der Waals surface area (Å²) in [7, 11) is 0. The van der Waals surface area contributed by atoms with Gasteiger partial charge in [0.25, 0.3) is 0 Å². The highest BCUT2D eigenvalue weighted by atomic mass is 16.6. The number of piperidine rings is 1. The van der Waals surface area contributed by atoms with Crippen molar-refractivity contribution in [3.63, 3.8) is 0 Å². The van der Waals surface area contributed by atoms with Gasteiger partial charge in [-0.3, -0.25) is 9.59 Å². The minimum absolute atomic E-state index is 0.0844. The average molecular weight is 331 g/mol. The second-order valence-corrected chi connectivity index (χ2v) is 5.03. The smallest absolute Gasteiger partial charge is 0.409 e. The van der Waals surface area contributed by atoms with Gasteiger partial charge in [0.05, 0.1) is 26.4 Å². The largest absolute Gasteiger partial charge is 0.450 e. The second-order valence-electron chi connectivity index (χ2n) is 5.03. The molecule has 1 saturated heterocycles. The van der Waals surface area contributed by atoms with Crippen LogP contribution >= 0.6 is 0 Å². The molecule has 0 atom stereocenters. The number of carbonyl (C=O) groups is 3. The topological polar surface area (TPSA) is 117 Å². The van der Waals surface area contributed by atoms with Crippen LogP contribution in [0.4, 0.5) is 4.79 Å². The van der Waals surface area contributed by atoms with E-state index in [4.69, 9.17) is 14.6 Å². The maximum Gasteiger partial charge on any atom is 0.409 e. The van der Waals surface area contributed by atoms with Gasteiger partial charge in [0.2, 0.25) is 0 Å². The highest BCUT2D eigenvalue weighted by Gasteiger charge is 2.26. The average Bonchev–Trinajstić information content (AvgIpc) is 2.55. The first-order valence-corrected chi connectivity index (χ1v) is 7.77. The van der Waals surface area contributed by atoms with Crippen LogP contribution in [0.3, 0.4) is 0 Å². The van der Waals surface area contributed by atoms with Gasteiger partial charge < -0.3 is 30.1 Å². The first-order valence-electron chi connectivity index (χ1n) is 7.77. The van der Waals surface area contributed by atoms with Crippen LogP contribution in [-0.4, -0.2) is 80.0 Å². The van der Waals surface area contributed by atoms with E-state index in [-0.39, 0.29) is 38.5 Å². The van der Waals surface area contributed by atoms with Crippen molar-refractivity contribution in [3.05, 3.63) is 0 Å². The standard InChI is InChI=1S/C14H25N3O6/c1-2-23-14(21)17-6-3-11(4-7-17)16-13(20)12(19)15-5-9-22-10-8-18/h11,18H,2-10H2,1H3,(H,15,19)(H,16,20). The van der Waals surface area contributed by atoms with Gasteiger partial charge in [-0.2, -0.15) is 0 Å². The van der Waals surface area contributed by atoms with Crippen molar-refractivity contribution in [2.24, 2.45) is 0 Å². The van der Waals surface area contributed by atoms with Crippen LogP contribution in [-0.2, 0) is 19.1 Å². The summed E-state index contributed by atoms with van der Waals surface area (Å²) in [5.41, 5.74) is 0. The van der Waals surface area contributed by atoms with E-state index in [0.717, 1.165) is 0 Å². The Bertz CT molecular complexity index is 396. The van der Waals surface area contributed by atoms with Crippen LogP contribution in [0.1, 0.15) is 19.8 Å². The summed E-state index contributed by atoms with van der Waals surface area (Å²) in [6.07, 6.45) is 0.812. The summed E-state index contributed by atoms with van der Waals surface area (Å²) < 4.78 is 9.89. The van der Waals surface area contributed by atoms with Crippen LogP contribution in [0.2, 0.25) is 0 Å². The number of hydrogen-bond acceptors (Lipinski definition) is 6. The fourth-order valence-electron chi connectivity index (χ4n) is 2.16. The molecule has 1 fully saturated rings. The lowest BCUT2D eigenvalue weighted by atomic mass is 10.1. The van der Waals surface area contributed by atoms with E-state index >= 15 is 0 Å². The minimum atomic E-state index is -0.717. The molecule has 9 nitrogen and oxygen atoms in total. The van der Waals surface area contributed by atoms with E-state index in [2.05, 4.69) is 10.6 Å². The molecule has 9 heteroatoms. The number of hydrogen-bond donors (Lipinski definition) is 3. The summed E-state index contributed by atoms with van der Waals surface area (Å²) in [6, 6.07) is -0.135. The van der Waals surface area contributed by atoms with Crippen LogP contribution in [0, 0.1) is 0 Å². The Morgan fingerprint density at radius 2 is 1.87 bits per heavy atom. The molecule has 0 aromatic carbocycles. The lowest BCUT2D eigenvalue weighted by Gasteiger charge is -2.31. The maximum atomic E-state index is 11.7. The highest BCUT2D eigenvalue weighted by molar-refractivity contribution is 6.35. The van der Waals surface area contributed by atoms with Gasteiger partial charge in [-0.1, -0.05) is 0 Å². The Morgan fingerprint density at radius 1 is 1.17 bits per heavy atom. The number of nitrogens with zero attached hydrogens (tertiary/aromatic N) is 1. The minimum Gasteiger partial charge on any atom is -0.450 e. The van der Waals surface area contributed by atoms with Crippen molar-refractivity contribution in [1.29, 1.82) is 0 Å². The Labute approximate surface area is 135 Å². The Morgan fingerprint density at radius 3 is 2.48 bits per heavy atom. The van der Waals surface area contributed by atoms with Crippen LogP contribution in [0.15, 0.2) is 0 Å². The molecule has 0 radical (unpaired) electrons. The maximum absolute atomic E-state index is 11.7. The zero-order chi connectivity index (χ0) is 17.1. The monoisotopic (exact) mass is 331 g/mol. The lowest BCUT2D eigenvalue weighted by molar-refractivity contribution is -0.139.